The fraction of sp³-hybridized carbons (Fsp3) is 0.400. The highest BCUT2D eigenvalue weighted by molar-refractivity contribution is 7.18. The number of thiophene rings is 1. The van der Waals surface area contributed by atoms with Gasteiger partial charge < -0.3 is 15.4 Å². The van der Waals surface area contributed by atoms with Crippen LogP contribution >= 0.6 is 11.3 Å². The number of methoxy groups -OCH3 is 1. The normalized spacial score (nSPS) is 17.5. The lowest BCUT2D eigenvalue weighted by atomic mass is 9.82. The van der Waals surface area contributed by atoms with E-state index in [1.807, 2.05) is 57.2 Å². The number of carbonyl (C=O) groups is 2. The molecule has 0 saturated heterocycles. The predicted octanol–water partition coefficient (Wildman–Crippen LogP) is 6.37. The highest BCUT2D eigenvalue weighted by atomic mass is 32.1. The molecule has 1 aliphatic rings. The van der Waals surface area contributed by atoms with Crippen molar-refractivity contribution >= 4 is 40.4 Å². The average Bonchev–Trinajstić information content (AvgIpc) is 3.54. The van der Waals surface area contributed by atoms with Crippen molar-refractivity contribution in [3.05, 3.63) is 53.0 Å². The smallest absolute Gasteiger partial charge is 0.350 e. The summed E-state index contributed by atoms with van der Waals surface area (Å²) in [4.78, 5) is 34.2. The van der Waals surface area contributed by atoms with E-state index >= 15 is 0 Å². The van der Waals surface area contributed by atoms with Crippen LogP contribution in [0.5, 0.6) is 0 Å². The van der Waals surface area contributed by atoms with Crippen molar-refractivity contribution < 1.29 is 14.3 Å². The van der Waals surface area contributed by atoms with E-state index in [0.717, 1.165) is 53.1 Å². The summed E-state index contributed by atoms with van der Waals surface area (Å²) in [6.07, 6.45) is 3.89. The minimum absolute atomic E-state index is 0.0190. The van der Waals surface area contributed by atoms with Crippen LogP contribution in [0.4, 0.5) is 11.5 Å². The summed E-state index contributed by atoms with van der Waals surface area (Å²) in [5.74, 6) is 0.833. The van der Waals surface area contributed by atoms with Crippen LogP contribution in [0.3, 0.4) is 0 Å². The topological polar surface area (TPSA) is 103 Å². The number of rotatable bonds is 6. The number of esters is 1. The first-order valence-electron chi connectivity index (χ1n) is 13.4. The van der Waals surface area contributed by atoms with E-state index in [4.69, 9.17) is 10.5 Å². The van der Waals surface area contributed by atoms with Gasteiger partial charge in [-0.1, -0.05) is 31.2 Å². The molecule has 8 nitrogen and oxygen atoms in total. The summed E-state index contributed by atoms with van der Waals surface area (Å²) in [5, 5.41) is 4.62. The number of carbonyl (C=O) groups excluding carboxylic acids is 2. The molecule has 9 heteroatoms. The van der Waals surface area contributed by atoms with Gasteiger partial charge in [0.25, 0.3) is 0 Å². The Bertz CT molecular complexity index is 1510. The van der Waals surface area contributed by atoms with Gasteiger partial charge in [-0.25, -0.2) is 9.78 Å². The number of aryl methyl sites for hydroxylation is 1. The summed E-state index contributed by atoms with van der Waals surface area (Å²) in [6.45, 7) is 8.14. The second-order valence-electron chi connectivity index (χ2n) is 10.8. The van der Waals surface area contributed by atoms with Crippen molar-refractivity contribution in [3.8, 4) is 21.7 Å². The van der Waals surface area contributed by atoms with Crippen LogP contribution in [0.2, 0.25) is 0 Å². The van der Waals surface area contributed by atoms with Crippen molar-refractivity contribution in [1.29, 1.82) is 0 Å². The predicted molar refractivity (Wildman–Crippen MR) is 156 cm³/mol. The molecule has 2 N–H and O–H groups in total. The van der Waals surface area contributed by atoms with E-state index in [9.17, 15) is 9.59 Å². The summed E-state index contributed by atoms with van der Waals surface area (Å²) in [5.41, 5.74) is 10.9. The zero-order valence-corrected chi connectivity index (χ0v) is 23.9. The minimum Gasteiger partial charge on any atom is -0.465 e. The number of fused-ring (bicyclic) bond motifs is 1. The van der Waals surface area contributed by atoms with Crippen LogP contribution in [0.15, 0.2) is 42.5 Å². The average molecular weight is 546 g/mol. The van der Waals surface area contributed by atoms with Gasteiger partial charge in [0.15, 0.2) is 5.65 Å². The zero-order chi connectivity index (χ0) is 27.8. The number of anilines is 2. The van der Waals surface area contributed by atoms with E-state index < -0.39 is 5.97 Å². The maximum atomic E-state index is 13.7. The van der Waals surface area contributed by atoms with E-state index in [2.05, 4.69) is 17.0 Å². The van der Waals surface area contributed by atoms with Crippen LogP contribution in [0, 0.1) is 18.8 Å². The molecule has 1 aromatic carbocycles. The number of ether oxygens (including phenoxy) is 1. The summed E-state index contributed by atoms with van der Waals surface area (Å²) in [6, 6.07) is 13.6. The Morgan fingerprint density at radius 3 is 2.38 bits per heavy atom. The summed E-state index contributed by atoms with van der Waals surface area (Å²) in [7, 11) is 1.38. The first-order valence-corrected chi connectivity index (χ1v) is 14.3. The lowest BCUT2D eigenvalue weighted by Crippen LogP contribution is -2.42. The Labute approximate surface area is 232 Å². The molecule has 0 bridgehead atoms. The van der Waals surface area contributed by atoms with E-state index in [1.54, 1.807) is 15.5 Å². The van der Waals surface area contributed by atoms with Crippen LogP contribution in [-0.2, 0) is 9.53 Å². The number of hydrogen-bond donors (Lipinski definition) is 1. The molecule has 1 saturated carbocycles. The number of aromatic nitrogens is 3. The molecule has 0 atom stereocenters. The Hall–Kier alpha value is -3.72. The number of nitrogens with zero attached hydrogens (tertiary/aromatic N) is 4. The third-order valence-corrected chi connectivity index (χ3v) is 8.66. The maximum Gasteiger partial charge on any atom is 0.350 e. The van der Waals surface area contributed by atoms with E-state index in [1.165, 1.54) is 18.4 Å². The Morgan fingerprint density at radius 1 is 1.08 bits per heavy atom. The van der Waals surface area contributed by atoms with Crippen LogP contribution in [-0.4, -0.2) is 39.6 Å². The van der Waals surface area contributed by atoms with E-state index in [0.29, 0.717) is 27.9 Å². The standard InChI is InChI=1S/C30H35N5O3S/c1-17(2)34(29(36)22-8-6-18(3)7-9-22)24-16-25(39-28(24)30(37)38-5)21-12-10-20(11-13-21)23-15-27-32-19(4)14-26(31)35(27)33-23/h10-18,22H,6-9,31H2,1-5H3/t18-,22-. The minimum atomic E-state index is -0.432. The van der Waals surface area contributed by atoms with Crippen molar-refractivity contribution in [2.75, 3.05) is 17.7 Å². The molecule has 4 aromatic rings. The third-order valence-electron chi connectivity index (χ3n) is 7.51. The first kappa shape index (κ1) is 26.9. The lowest BCUT2D eigenvalue weighted by molar-refractivity contribution is -0.123. The van der Waals surface area contributed by atoms with Crippen LogP contribution in [0.1, 0.15) is 61.8 Å². The van der Waals surface area contributed by atoms with Gasteiger partial charge in [-0.2, -0.15) is 9.61 Å². The lowest BCUT2D eigenvalue weighted by Gasteiger charge is -2.33. The maximum absolute atomic E-state index is 13.7. The van der Waals surface area contributed by atoms with Gasteiger partial charge in [0.05, 0.1) is 18.5 Å². The third kappa shape index (κ3) is 5.28. The fourth-order valence-electron chi connectivity index (χ4n) is 5.37. The van der Waals surface area contributed by atoms with Gasteiger partial charge in [0, 0.05) is 40.2 Å². The molecule has 0 unspecified atom stereocenters. The summed E-state index contributed by atoms with van der Waals surface area (Å²) >= 11 is 1.35. The molecule has 0 radical (unpaired) electrons. The quantitative estimate of drug-likeness (QED) is 0.283. The molecule has 5 rings (SSSR count). The molecule has 39 heavy (non-hydrogen) atoms. The zero-order valence-electron chi connectivity index (χ0n) is 23.1. The molecule has 0 aliphatic heterocycles. The largest absolute Gasteiger partial charge is 0.465 e. The molecule has 1 fully saturated rings. The Kier molecular flexibility index (Phi) is 7.44. The van der Waals surface area contributed by atoms with Gasteiger partial charge in [0.2, 0.25) is 5.91 Å². The Balaban J connectivity index is 1.48. The van der Waals surface area contributed by atoms with Crippen molar-refractivity contribution in [3.63, 3.8) is 0 Å². The number of amides is 1. The SMILES string of the molecule is COC(=O)c1sc(-c2ccc(-c3cc4nc(C)cc(N)n4n3)cc2)cc1N(C(=O)[C@H]1CC[C@H](C)CC1)C(C)C. The van der Waals surface area contributed by atoms with Crippen molar-refractivity contribution in [2.45, 2.75) is 59.4 Å². The number of nitrogen functional groups attached to an aromatic ring is 1. The molecule has 0 spiro atoms. The molecular formula is C30H35N5O3S. The number of benzene rings is 1. The molecule has 204 valence electrons. The summed E-state index contributed by atoms with van der Waals surface area (Å²) < 4.78 is 6.76. The highest BCUT2D eigenvalue weighted by Crippen LogP contribution is 2.40. The van der Waals surface area contributed by atoms with Crippen molar-refractivity contribution in [1.82, 2.24) is 14.6 Å². The Morgan fingerprint density at radius 2 is 1.74 bits per heavy atom. The molecule has 3 aromatic heterocycles. The molecule has 1 amide bonds. The monoisotopic (exact) mass is 545 g/mol. The number of nitrogens with two attached hydrogens (primary N) is 1. The highest BCUT2D eigenvalue weighted by Gasteiger charge is 2.33. The van der Waals surface area contributed by atoms with Gasteiger partial charge in [-0.15, -0.1) is 11.3 Å². The first-order chi connectivity index (χ1) is 18.7. The van der Waals surface area contributed by atoms with Gasteiger partial charge in [-0.3, -0.25) is 4.79 Å². The van der Waals surface area contributed by atoms with Crippen LogP contribution in [0.25, 0.3) is 27.3 Å². The molecule has 1 aliphatic carbocycles. The van der Waals surface area contributed by atoms with Gasteiger partial charge in [0.1, 0.15) is 10.7 Å². The number of hydrogen-bond acceptors (Lipinski definition) is 7. The van der Waals surface area contributed by atoms with Crippen molar-refractivity contribution in [2.24, 2.45) is 11.8 Å². The second kappa shape index (κ2) is 10.8. The molecular weight excluding hydrogens is 510 g/mol. The van der Waals surface area contributed by atoms with E-state index in [-0.39, 0.29) is 17.9 Å². The fourth-order valence-corrected chi connectivity index (χ4v) is 6.44. The van der Waals surface area contributed by atoms with Crippen LogP contribution < -0.4 is 10.6 Å². The van der Waals surface area contributed by atoms with Gasteiger partial charge in [-0.05, 0) is 64.0 Å². The second-order valence-corrected chi connectivity index (χ2v) is 11.8. The molecule has 3 heterocycles. The van der Waals surface area contributed by atoms with Gasteiger partial charge >= 0.3 is 5.97 Å².